The number of rotatable bonds is 8. The Morgan fingerprint density at radius 3 is 1.17 bits per heavy atom. The number of methoxy groups -OCH3 is 2. The summed E-state index contributed by atoms with van der Waals surface area (Å²) in [5, 5.41) is 15.1. The number of hydrogen-bond acceptors (Lipinski definition) is 12. The van der Waals surface area contributed by atoms with Crippen LogP contribution in [0.25, 0.3) is 0 Å². The minimum absolute atomic E-state index is 0.0696. The summed E-state index contributed by atoms with van der Waals surface area (Å²) in [6, 6.07) is 0. The predicted octanol–water partition coefficient (Wildman–Crippen LogP) is 3.13. The molecule has 176 valence electrons. The van der Waals surface area contributed by atoms with E-state index in [-0.39, 0.29) is 13.2 Å². The third-order valence-corrected chi connectivity index (χ3v) is 3.32. The van der Waals surface area contributed by atoms with E-state index < -0.39 is 35.8 Å². The van der Waals surface area contributed by atoms with Crippen LogP contribution in [0.2, 0.25) is 0 Å². The molecule has 0 aliphatic heterocycles. The molecule has 0 rings (SSSR count). The average Bonchev–Trinajstić information content (AvgIpc) is 2.65. The van der Waals surface area contributed by atoms with Gasteiger partial charge in [-0.15, -0.1) is 0 Å². The van der Waals surface area contributed by atoms with Gasteiger partial charge in [0.05, 0.1) is 24.4 Å². The summed E-state index contributed by atoms with van der Waals surface area (Å²) in [5.41, 5.74) is -0.845. The molecule has 2 N–H and O–H groups in total. The van der Waals surface area contributed by atoms with Crippen molar-refractivity contribution in [1.82, 2.24) is 0 Å². The van der Waals surface area contributed by atoms with E-state index in [0.29, 0.717) is 12.8 Å². The van der Waals surface area contributed by atoms with Gasteiger partial charge in [-0.2, -0.15) is 19.4 Å². The first-order chi connectivity index (χ1) is 13.7. The molecular weight excluding hydrogens is 416 g/mol. The van der Waals surface area contributed by atoms with Gasteiger partial charge >= 0.3 is 24.6 Å². The van der Waals surface area contributed by atoms with E-state index in [0.717, 1.165) is 0 Å². The van der Waals surface area contributed by atoms with Gasteiger partial charge in [-0.05, 0) is 27.7 Å². The maximum Gasteiger partial charge on any atom is 0.549 e. The summed E-state index contributed by atoms with van der Waals surface area (Å²) in [4.78, 5) is 55.5. The van der Waals surface area contributed by atoms with Crippen molar-refractivity contribution in [2.45, 2.75) is 51.7 Å². The van der Waals surface area contributed by atoms with Gasteiger partial charge in [0.25, 0.3) is 0 Å². The van der Waals surface area contributed by atoms with Crippen LogP contribution >= 0.6 is 0 Å². The van der Waals surface area contributed by atoms with Crippen LogP contribution in [0.15, 0.2) is 0 Å². The Morgan fingerprint density at radius 1 is 0.633 bits per heavy atom. The largest absolute Gasteiger partial charge is 0.549 e. The minimum atomic E-state index is -1.80. The lowest BCUT2D eigenvalue weighted by atomic mass is 10.1. The maximum atomic E-state index is 11.2. The van der Waals surface area contributed by atoms with Crippen LogP contribution in [0.4, 0.5) is 19.2 Å². The molecular formula is C16H28O14. The monoisotopic (exact) mass is 444 g/mol. The molecule has 0 aromatic rings. The van der Waals surface area contributed by atoms with Crippen molar-refractivity contribution in [1.29, 1.82) is 0 Å². The number of ether oxygens (including phenoxy) is 4. The summed E-state index contributed by atoms with van der Waals surface area (Å²) < 4.78 is 19.7. The fraction of sp³-hybridized carbons (Fsp3) is 0.750. The molecule has 14 heteroatoms. The van der Waals surface area contributed by atoms with Crippen molar-refractivity contribution in [3.63, 3.8) is 0 Å². The van der Waals surface area contributed by atoms with Crippen LogP contribution < -0.4 is 0 Å². The molecule has 30 heavy (non-hydrogen) atoms. The van der Waals surface area contributed by atoms with Gasteiger partial charge in [-0.3, -0.25) is 0 Å². The Kier molecular flexibility index (Phi) is 14.5. The molecule has 0 spiro atoms. The van der Waals surface area contributed by atoms with E-state index >= 15 is 0 Å². The van der Waals surface area contributed by atoms with Crippen molar-refractivity contribution in [3.8, 4) is 0 Å². The van der Waals surface area contributed by atoms with Crippen LogP contribution in [-0.4, -0.2) is 73.5 Å². The smallest absolute Gasteiger partial charge is 0.447 e. The van der Waals surface area contributed by atoms with Gasteiger partial charge in [-0.25, -0.2) is 19.4 Å². The van der Waals surface area contributed by atoms with Gasteiger partial charge in [-0.1, -0.05) is 0 Å². The van der Waals surface area contributed by atoms with E-state index in [9.17, 15) is 19.2 Å². The SMILES string of the molecule is COC(C)(C)CCOC(=O)OOC(=O)OCCC(C)(C)OC.O=C(O)OOC(=O)O. The molecule has 0 bridgehead atoms. The lowest BCUT2D eigenvalue weighted by Gasteiger charge is -2.22. The lowest BCUT2D eigenvalue weighted by molar-refractivity contribution is -0.219. The first kappa shape index (κ1) is 29.2. The standard InChI is InChI=1S/C14H26O8.C2H2O6/c1-13(2,17-5)7-9-19-11(15)21-22-12(16)20-10-8-14(3,4)18-6;3-1(4)7-8-2(5)6/h7-10H2,1-6H3;(H,3,4)(H,5,6). The zero-order valence-corrected chi connectivity index (χ0v) is 17.6. The van der Waals surface area contributed by atoms with Crippen LogP contribution in [0, 0.1) is 0 Å². The Labute approximate surface area is 172 Å². The Morgan fingerprint density at radius 2 is 0.933 bits per heavy atom. The van der Waals surface area contributed by atoms with Crippen molar-refractivity contribution in [2.24, 2.45) is 0 Å². The van der Waals surface area contributed by atoms with E-state index in [1.807, 2.05) is 27.7 Å². The zero-order chi connectivity index (χ0) is 23.8. The number of carbonyl (C=O) groups is 4. The number of hydrogen-bond donors (Lipinski definition) is 2. The van der Waals surface area contributed by atoms with Gasteiger partial charge < -0.3 is 29.2 Å². The van der Waals surface area contributed by atoms with Gasteiger partial charge in [0.2, 0.25) is 0 Å². The van der Waals surface area contributed by atoms with Gasteiger partial charge in [0.1, 0.15) is 0 Å². The van der Waals surface area contributed by atoms with Crippen LogP contribution in [0.5, 0.6) is 0 Å². The van der Waals surface area contributed by atoms with E-state index in [2.05, 4.69) is 19.6 Å². The van der Waals surface area contributed by atoms with Crippen molar-refractivity contribution in [2.75, 3.05) is 27.4 Å². The molecule has 0 heterocycles. The Balaban J connectivity index is 0. The van der Waals surface area contributed by atoms with Crippen LogP contribution in [0.3, 0.4) is 0 Å². The number of carboxylic acid groups (broad SMARTS) is 2. The van der Waals surface area contributed by atoms with Crippen LogP contribution in [0.1, 0.15) is 40.5 Å². The fourth-order valence-corrected chi connectivity index (χ4v) is 1.15. The number of carbonyl (C=O) groups excluding carboxylic acids is 2. The molecule has 0 aromatic heterocycles. The molecule has 0 aliphatic rings. The maximum absolute atomic E-state index is 11.2. The molecule has 0 unspecified atom stereocenters. The van der Waals surface area contributed by atoms with E-state index in [1.165, 1.54) is 0 Å². The zero-order valence-electron chi connectivity index (χ0n) is 17.6. The van der Waals surface area contributed by atoms with Crippen molar-refractivity contribution >= 4 is 24.6 Å². The molecule has 0 saturated carbocycles. The Bertz CT molecular complexity index is 494. The summed E-state index contributed by atoms with van der Waals surface area (Å²) >= 11 is 0. The highest BCUT2D eigenvalue weighted by molar-refractivity contribution is 5.63. The Hall–Kier alpha value is -3.00. The topological polar surface area (TPSA) is 183 Å². The molecule has 0 aliphatic carbocycles. The summed E-state index contributed by atoms with van der Waals surface area (Å²) in [7, 11) is 3.12. The molecule has 0 fully saturated rings. The molecule has 0 saturated heterocycles. The second-order valence-electron chi connectivity index (χ2n) is 6.49. The van der Waals surface area contributed by atoms with E-state index in [4.69, 9.17) is 29.2 Å². The second-order valence-corrected chi connectivity index (χ2v) is 6.49. The average molecular weight is 444 g/mol. The lowest BCUT2D eigenvalue weighted by Crippen LogP contribution is -2.26. The molecule has 0 radical (unpaired) electrons. The second kappa shape index (κ2) is 14.9. The quantitative estimate of drug-likeness (QED) is 0.316. The van der Waals surface area contributed by atoms with Gasteiger partial charge in [0.15, 0.2) is 0 Å². The summed E-state index contributed by atoms with van der Waals surface area (Å²) in [6.07, 6.45) is -4.91. The summed E-state index contributed by atoms with van der Waals surface area (Å²) in [5.74, 6) is 0. The third kappa shape index (κ3) is 19.8. The minimum Gasteiger partial charge on any atom is -0.447 e. The van der Waals surface area contributed by atoms with Crippen molar-refractivity contribution < 1.29 is 67.9 Å². The van der Waals surface area contributed by atoms with Crippen molar-refractivity contribution in [3.05, 3.63) is 0 Å². The van der Waals surface area contributed by atoms with Crippen LogP contribution in [-0.2, 0) is 38.5 Å². The molecule has 0 amide bonds. The highest BCUT2D eigenvalue weighted by atomic mass is 17.3. The normalized spacial score (nSPS) is 10.6. The first-order valence-corrected chi connectivity index (χ1v) is 8.33. The third-order valence-electron chi connectivity index (χ3n) is 3.32. The molecule has 0 aromatic carbocycles. The molecule has 14 nitrogen and oxygen atoms in total. The highest BCUT2D eigenvalue weighted by Crippen LogP contribution is 2.13. The predicted molar refractivity (Wildman–Crippen MR) is 94.5 cm³/mol. The first-order valence-electron chi connectivity index (χ1n) is 8.33. The summed E-state index contributed by atoms with van der Waals surface area (Å²) in [6.45, 7) is 7.52. The highest BCUT2D eigenvalue weighted by Gasteiger charge is 2.20. The van der Waals surface area contributed by atoms with Gasteiger partial charge in [0, 0.05) is 27.1 Å². The fourth-order valence-electron chi connectivity index (χ4n) is 1.15. The van der Waals surface area contributed by atoms with E-state index in [1.54, 1.807) is 14.2 Å². The molecule has 0 atom stereocenters.